The van der Waals surface area contributed by atoms with Crippen molar-refractivity contribution in [2.24, 2.45) is 0 Å². The predicted molar refractivity (Wildman–Crippen MR) is 115 cm³/mol. The number of hydrogen-bond donors (Lipinski definition) is 1. The molecule has 0 aliphatic carbocycles. The van der Waals surface area contributed by atoms with Crippen LogP contribution in [0.1, 0.15) is 32.1 Å². The molecule has 6 heteroatoms. The number of rotatable bonds is 5. The summed E-state index contributed by atoms with van der Waals surface area (Å²) in [6.45, 7) is 2.31. The van der Waals surface area contributed by atoms with Crippen LogP contribution in [0.5, 0.6) is 0 Å². The van der Waals surface area contributed by atoms with Crippen LogP contribution in [0.4, 0.5) is 0 Å². The SMILES string of the molecule is COC(=O)c1ccc(CNC(=O)c2ccc3c(c2)nc(C)n3-c2ccccc2)cc1. The highest BCUT2D eigenvalue weighted by Crippen LogP contribution is 2.22. The van der Waals surface area contributed by atoms with Gasteiger partial charge in [-0.05, 0) is 55.0 Å². The number of aromatic nitrogens is 2. The number of nitrogens with one attached hydrogen (secondary N) is 1. The summed E-state index contributed by atoms with van der Waals surface area (Å²) < 4.78 is 6.76. The van der Waals surface area contributed by atoms with Crippen molar-refractivity contribution < 1.29 is 14.3 Å². The van der Waals surface area contributed by atoms with Crippen LogP contribution in [0.3, 0.4) is 0 Å². The van der Waals surface area contributed by atoms with Crippen molar-refractivity contribution >= 4 is 22.9 Å². The van der Waals surface area contributed by atoms with E-state index in [0.29, 0.717) is 17.7 Å². The van der Waals surface area contributed by atoms with Gasteiger partial charge in [0.15, 0.2) is 0 Å². The Morgan fingerprint density at radius 3 is 2.37 bits per heavy atom. The van der Waals surface area contributed by atoms with Gasteiger partial charge in [0, 0.05) is 17.8 Å². The monoisotopic (exact) mass is 399 g/mol. The van der Waals surface area contributed by atoms with Crippen molar-refractivity contribution in [3.63, 3.8) is 0 Å². The first-order chi connectivity index (χ1) is 14.6. The number of ether oxygens (including phenoxy) is 1. The maximum Gasteiger partial charge on any atom is 0.337 e. The lowest BCUT2D eigenvalue weighted by atomic mass is 10.1. The van der Waals surface area contributed by atoms with Crippen LogP contribution in [0.15, 0.2) is 72.8 Å². The average molecular weight is 399 g/mol. The lowest BCUT2D eigenvalue weighted by Crippen LogP contribution is -2.22. The number of para-hydroxylation sites is 1. The molecule has 3 aromatic carbocycles. The van der Waals surface area contributed by atoms with E-state index in [2.05, 4.69) is 19.6 Å². The molecular weight excluding hydrogens is 378 g/mol. The van der Waals surface area contributed by atoms with Crippen molar-refractivity contribution in [2.45, 2.75) is 13.5 Å². The lowest BCUT2D eigenvalue weighted by Gasteiger charge is -2.08. The Hall–Kier alpha value is -3.93. The van der Waals surface area contributed by atoms with Gasteiger partial charge in [0.2, 0.25) is 0 Å². The normalized spacial score (nSPS) is 10.7. The van der Waals surface area contributed by atoms with Crippen molar-refractivity contribution in [3.05, 3.63) is 95.3 Å². The summed E-state index contributed by atoms with van der Waals surface area (Å²) in [5.74, 6) is 0.296. The molecule has 30 heavy (non-hydrogen) atoms. The minimum atomic E-state index is -0.385. The Morgan fingerprint density at radius 2 is 1.67 bits per heavy atom. The smallest absolute Gasteiger partial charge is 0.337 e. The van der Waals surface area contributed by atoms with Gasteiger partial charge in [0.1, 0.15) is 5.82 Å². The second kappa shape index (κ2) is 8.21. The number of nitrogens with zero attached hydrogens (tertiary/aromatic N) is 2. The number of esters is 1. The van der Waals surface area contributed by atoms with Crippen LogP contribution in [0, 0.1) is 6.92 Å². The van der Waals surface area contributed by atoms with Gasteiger partial charge in [-0.25, -0.2) is 9.78 Å². The molecule has 150 valence electrons. The first kappa shape index (κ1) is 19.4. The van der Waals surface area contributed by atoms with E-state index in [4.69, 9.17) is 0 Å². The van der Waals surface area contributed by atoms with Crippen LogP contribution >= 0.6 is 0 Å². The summed E-state index contributed by atoms with van der Waals surface area (Å²) in [5.41, 5.74) is 4.67. The molecule has 1 heterocycles. The van der Waals surface area contributed by atoms with Crippen LogP contribution in [-0.2, 0) is 11.3 Å². The molecule has 0 saturated carbocycles. The van der Waals surface area contributed by atoms with E-state index >= 15 is 0 Å². The van der Waals surface area contributed by atoms with Crippen molar-refractivity contribution in [2.75, 3.05) is 7.11 Å². The minimum Gasteiger partial charge on any atom is -0.465 e. The molecule has 1 aromatic heterocycles. The number of fused-ring (bicyclic) bond motifs is 1. The maximum atomic E-state index is 12.6. The molecule has 0 atom stereocenters. The third-order valence-corrected chi connectivity index (χ3v) is 4.93. The first-order valence-corrected chi connectivity index (χ1v) is 9.57. The minimum absolute atomic E-state index is 0.180. The number of carbonyl (C=O) groups is 2. The van der Waals surface area contributed by atoms with E-state index in [1.54, 1.807) is 36.4 Å². The summed E-state index contributed by atoms with van der Waals surface area (Å²) in [5, 5.41) is 2.91. The van der Waals surface area contributed by atoms with E-state index in [1.807, 2.05) is 43.3 Å². The van der Waals surface area contributed by atoms with Gasteiger partial charge >= 0.3 is 5.97 Å². The van der Waals surface area contributed by atoms with Crippen LogP contribution in [0.2, 0.25) is 0 Å². The predicted octanol–water partition coefficient (Wildman–Crippen LogP) is 4.05. The molecule has 0 fully saturated rings. The van der Waals surface area contributed by atoms with Crippen LogP contribution < -0.4 is 5.32 Å². The van der Waals surface area contributed by atoms with E-state index < -0.39 is 0 Å². The zero-order chi connectivity index (χ0) is 21.1. The van der Waals surface area contributed by atoms with Gasteiger partial charge in [-0.1, -0.05) is 30.3 Å². The van der Waals surface area contributed by atoms with Gasteiger partial charge < -0.3 is 10.1 Å². The van der Waals surface area contributed by atoms with Crippen LogP contribution in [0.25, 0.3) is 16.7 Å². The van der Waals surface area contributed by atoms with E-state index in [9.17, 15) is 9.59 Å². The molecule has 0 spiro atoms. The summed E-state index contributed by atoms with van der Waals surface area (Å²) >= 11 is 0. The number of amides is 1. The average Bonchev–Trinajstić information content (AvgIpc) is 3.12. The molecule has 1 N–H and O–H groups in total. The Morgan fingerprint density at radius 1 is 0.967 bits per heavy atom. The Kier molecular flexibility index (Phi) is 5.30. The number of aryl methyl sites for hydroxylation is 1. The molecule has 4 aromatic rings. The highest BCUT2D eigenvalue weighted by molar-refractivity contribution is 5.97. The van der Waals surface area contributed by atoms with E-state index in [-0.39, 0.29) is 11.9 Å². The quantitative estimate of drug-likeness (QED) is 0.514. The van der Waals surface area contributed by atoms with Gasteiger partial charge in [0.25, 0.3) is 5.91 Å². The Bertz CT molecular complexity index is 1210. The third kappa shape index (κ3) is 3.80. The Labute approximate surface area is 174 Å². The molecule has 4 rings (SSSR count). The van der Waals surface area contributed by atoms with Gasteiger partial charge in [0.05, 0.1) is 23.7 Å². The molecule has 6 nitrogen and oxygen atoms in total. The fourth-order valence-electron chi connectivity index (χ4n) is 3.41. The fourth-order valence-corrected chi connectivity index (χ4v) is 3.41. The largest absolute Gasteiger partial charge is 0.465 e. The standard InChI is InChI=1S/C24H21N3O3/c1-16-26-21-14-19(12-13-22(21)27(16)20-6-4-3-5-7-20)23(28)25-15-17-8-10-18(11-9-17)24(29)30-2/h3-14H,15H2,1-2H3,(H,25,28). The summed E-state index contributed by atoms with van der Waals surface area (Å²) in [6.07, 6.45) is 0. The molecule has 0 aliphatic heterocycles. The molecule has 0 bridgehead atoms. The third-order valence-electron chi connectivity index (χ3n) is 4.93. The van der Waals surface area contributed by atoms with Crippen molar-refractivity contribution in [1.29, 1.82) is 0 Å². The highest BCUT2D eigenvalue weighted by atomic mass is 16.5. The van der Waals surface area contributed by atoms with Crippen molar-refractivity contribution in [1.82, 2.24) is 14.9 Å². The maximum absolute atomic E-state index is 12.6. The van der Waals surface area contributed by atoms with E-state index in [1.165, 1.54) is 7.11 Å². The second-order valence-electron chi connectivity index (χ2n) is 6.90. The lowest BCUT2D eigenvalue weighted by molar-refractivity contribution is 0.0600. The zero-order valence-corrected chi connectivity index (χ0v) is 16.8. The summed E-state index contributed by atoms with van der Waals surface area (Å²) in [7, 11) is 1.34. The molecule has 1 amide bonds. The van der Waals surface area contributed by atoms with E-state index in [0.717, 1.165) is 28.1 Å². The molecular formula is C24H21N3O3. The molecule has 0 unspecified atom stereocenters. The zero-order valence-electron chi connectivity index (χ0n) is 16.8. The molecule has 0 radical (unpaired) electrons. The topological polar surface area (TPSA) is 73.2 Å². The molecule has 0 aliphatic rings. The summed E-state index contributed by atoms with van der Waals surface area (Å²) in [6, 6.07) is 22.5. The number of imidazole rings is 1. The van der Waals surface area contributed by atoms with Gasteiger partial charge in [-0.3, -0.25) is 9.36 Å². The molecule has 0 saturated heterocycles. The highest BCUT2D eigenvalue weighted by Gasteiger charge is 2.13. The van der Waals surface area contributed by atoms with Crippen molar-refractivity contribution in [3.8, 4) is 5.69 Å². The number of methoxy groups -OCH3 is 1. The Balaban J connectivity index is 1.51. The summed E-state index contributed by atoms with van der Waals surface area (Å²) in [4.78, 5) is 28.7. The van der Waals surface area contributed by atoms with Crippen LogP contribution in [-0.4, -0.2) is 28.5 Å². The number of hydrogen-bond acceptors (Lipinski definition) is 4. The number of benzene rings is 3. The number of carbonyl (C=O) groups excluding carboxylic acids is 2. The van der Waals surface area contributed by atoms with Gasteiger partial charge in [-0.15, -0.1) is 0 Å². The van der Waals surface area contributed by atoms with Gasteiger partial charge in [-0.2, -0.15) is 0 Å². The first-order valence-electron chi connectivity index (χ1n) is 9.57. The fraction of sp³-hybridized carbons (Fsp3) is 0.125. The second-order valence-corrected chi connectivity index (χ2v) is 6.90.